The number of nitrogens with two attached hydrogens (primary N) is 1. The molecule has 4 aromatic carbocycles. The molecule has 27 nitrogen and oxygen atoms in total. The molecule has 4 unspecified atom stereocenters. The highest BCUT2D eigenvalue weighted by atomic mass is 127. The number of ether oxygens (including phenoxy) is 8. The number of carbonyl (C=O) groups excluding carboxylic acids is 5. The third kappa shape index (κ3) is 18.6. The number of nitrogens with one attached hydrogen (secondary N) is 4. The van der Waals surface area contributed by atoms with Gasteiger partial charge in [-0.3, -0.25) is 34.3 Å². The second-order valence-electron chi connectivity index (χ2n) is 39.4. The van der Waals surface area contributed by atoms with Gasteiger partial charge in [0, 0.05) is 96.4 Å². The summed E-state index contributed by atoms with van der Waals surface area (Å²) in [5, 5.41) is 24.6. The molecule has 12 aliphatic carbocycles. The lowest BCUT2D eigenvalue weighted by Gasteiger charge is -2.46. The summed E-state index contributed by atoms with van der Waals surface area (Å²) in [6, 6.07) is 24.6. The number of amidine groups is 1. The first-order valence-electron chi connectivity index (χ1n) is 47.4. The molecule has 8 spiro atoms. The van der Waals surface area contributed by atoms with Gasteiger partial charge >= 0.3 is 6.03 Å². The van der Waals surface area contributed by atoms with E-state index in [1.807, 2.05) is 44.7 Å². The number of aromatic nitrogens is 4. The smallest absolute Gasteiger partial charge is 0.322 e. The highest BCUT2D eigenvalue weighted by Gasteiger charge is 2.71. The average molecular weight is 2080 g/mol. The van der Waals surface area contributed by atoms with E-state index in [1.54, 1.807) is 97.7 Å². The molecule has 6 amide bonds. The monoisotopic (exact) mass is 2080 g/mol. The van der Waals surface area contributed by atoms with E-state index in [9.17, 15) is 24.0 Å². The van der Waals surface area contributed by atoms with Crippen LogP contribution in [-0.4, -0.2) is 155 Å². The molecule has 35 heteroatoms. The van der Waals surface area contributed by atoms with Crippen LogP contribution in [-0.2, 0) is 111 Å². The van der Waals surface area contributed by atoms with E-state index in [-0.39, 0.29) is 99.8 Å². The largest absolute Gasteiger partial charge is 0.493 e. The summed E-state index contributed by atoms with van der Waals surface area (Å²) in [4.78, 5) is 99.1. The van der Waals surface area contributed by atoms with Crippen molar-refractivity contribution < 1.29 is 61.9 Å². The zero-order chi connectivity index (χ0) is 91.5. The van der Waals surface area contributed by atoms with Crippen LogP contribution in [0.15, 0.2) is 129 Å². The van der Waals surface area contributed by atoms with Gasteiger partial charge < -0.3 is 65.7 Å². The highest BCUT2D eigenvalue weighted by Crippen LogP contribution is 2.67. The van der Waals surface area contributed by atoms with Crippen molar-refractivity contribution >= 4 is 151 Å². The molecular weight excluding hydrogens is 1960 g/mol. The molecule has 2 saturated heterocycles. The molecule has 8 saturated carbocycles. The Hall–Kier alpha value is -7.85. The number of hydrogen-bond acceptors (Lipinski definition) is 27. The van der Waals surface area contributed by atoms with Gasteiger partial charge in [-0.05, 0) is 309 Å². The van der Waals surface area contributed by atoms with Gasteiger partial charge in [0.25, 0.3) is 23.6 Å². The number of hydrogen-bond donors (Lipinski definition) is 6. The van der Waals surface area contributed by atoms with Crippen molar-refractivity contribution in [3.8, 4) is 23.0 Å². The summed E-state index contributed by atoms with van der Waals surface area (Å²) in [5.74, 6) is 7.34. The Labute approximate surface area is 836 Å². The normalized spacial score (nSPS) is 29.9. The number of thioether (sulfide) groups is 1. The van der Waals surface area contributed by atoms with Crippen LogP contribution < -0.4 is 52.1 Å². The van der Waals surface area contributed by atoms with Gasteiger partial charge in [0.05, 0.1) is 75.6 Å². The number of guanidine groups is 1. The molecule has 8 heterocycles. The van der Waals surface area contributed by atoms with Crippen molar-refractivity contribution in [3.05, 3.63) is 184 Å². The van der Waals surface area contributed by atoms with E-state index in [0.717, 1.165) is 231 Å². The van der Waals surface area contributed by atoms with Crippen LogP contribution in [0, 0.1) is 45.3 Å². The minimum Gasteiger partial charge on any atom is -0.493 e. The lowest BCUT2D eigenvalue weighted by atomic mass is 9.61. The number of methoxy groups -OCH3 is 4. The third-order valence-electron chi connectivity index (χ3n) is 31.6. The number of aliphatic imine (C=N–C) groups is 2. The first-order valence-corrected chi connectivity index (χ1v) is 52.9. The van der Waals surface area contributed by atoms with E-state index in [1.165, 1.54) is 79.4 Å². The fourth-order valence-corrected chi connectivity index (χ4v) is 27.5. The predicted molar refractivity (Wildman–Crippen MR) is 537 cm³/mol. The number of halogens is 2. The zero-order valence-corrected chi connectivity index (χ0v) is 85.0. The Bertz CT molecular complexity index is 5540. The number of imide groups is 1. The molecule has 0 radical (unpaired) electrons. The van der Waals surface area contributed by atoms with Gasteiger partial charge in [0.2, 0.25) is 0 Å². The van der Waals surface area contributed by atoms with E-state index in [2.05, 4.69) is 102 Å². The van der Waals surface area contributed by atoms with Crippen LogP contribution in [0.2, 0.25) is 0 Å². The van der Waals surface area contributed by atoms with Crippen molar-refractivity contribution in [2.24, 2.45) is 61.1 Å². The van der Waals surface area contributed by atoms with Crippen molar-refractivity contribution in [2.45, 2.75) is 251 Å². The van der Waals surface area contributed by atoms with Crippen molar-refractivity contribution in [1.82, 2.24) is 57.2 Å². The van der Waals surface area contributed by atoms with Crippen LogP contribution in [0.5, 0.6) is 23.0 Å². The van der Waals surface area contributed by atoms with Crippen molar-refractivity contribution in [2.75, 3.05) is 54.9 Å². The van der Waals surface area contributed by atoms with Crippen molar-refractivity contribution in [3.63, 3.8) is 0 Å². The van der Waals surface area contributed by atoms with Gasteiger partial charge in [-0.25, -0.2) is 34.7 Å². The predicted octanol–water partition coefficient (Wildman–Crippen LogP) is 17.8. The van der Waals surface area contributed by atoms with Crippen LogP contribution in [0.4, 0.5) is 4.79 Å². The summed E-state index contributed by atoms with van der Waals surface area (Å²) >= 11 is 18.7. The SMILES string of the molecule is COC1CCC2(CC1)Cc1ccc(OCC3CC3)cc1C21N=C(N)N(Cc2nccs2)C1=O.COC1CCC2(CC1)Cc1ccc(OCC3CC3)cc1C21N=C(SCc2nccs2)N(Cc2nccs2)C1=O.COC1CCC2(CC1)Cc1ccc(OCC3CC3)cc1C21NC(=O)NC1=O.COC1CCC2(CC1)Cc1ccc(OCC3CC3)cc1C21NC(=S)NC1=O.ClCc1nccs1.I.N. The van der Waals surface area contributed by atoms with Gasteiger partial charge in [0.1, 0.15) is 43.0 Å². The molecule has 8 aromatic rings. The lowest BCUT2D eigenvalue weighted by molar-refractivity contribution is -0.139. The van der Waals surface area contributed by atoms with Gasteiger partial charge in [-0.15, -0.1) is 80.9 Å². The maximum absolute atomic E-state index is 14.9. The van der Waals surface area contributed by atoms with E-state index >= 15 is 0 Å². The van der Waals surface area contributed by atoms with E-state index in [0.29, 0.717) is 59.5 Å². The molecule has 4 aliphatic heterocycles. The number of nitrogens with zero attached hydrogens (tertiary/aromatic N) is 8. The number of alkyl halides is 1. The Morgan fingerprint density at radius 3 is 1.11 bits per heavy atom. The Kier molecular flexibility index (Phi) is 29.1. The molecular formula is C100H122ClIN14O13S6. The molecule has 9 N–H and O–H groups in total. The molecule has 4 aromatic heterocycles. The van der Waals surface area contributed by atoms with Crippen LogP contribution in [0.1, 0.15) is 219 Å². The molecule has 0 bridgehead atoms. The number of benzene rings is 4. The lowest BCUT2D eigenvalue weighted by Crippen LogP contribution is -2.56. The fraction of sp³-hybridized carbons (Fsp3) is 0.560. The average Bonchev–Trinajstić information content (AvgIpc) is 1.52. The number of thiocarbonyl (C=S) groups is 1. The summed E-state index contributed by atoms with van der Waals surface area (Å²) in [6.07, 6.45) is 36.1. The minimum absolute atomic E-state index is 0. The number of urea groups is 1. The Morgan fingerprint density at radius 1 is 0.437 bits per heavy atom. The Morgan fingerprint density at radius 2 is 0.770 bits per heavy atom. The zero-order valence-electron chi connectivity index (χ0n) is 77.0. The van der Waals surface area contributed by atoms with Crippen molar-refractivity contribution in [1.29, 1.82) is 0 Å². The number of amides is 6. The molecule has 135 heavy (non-hydrogen) atoms. The molecule has 10 fully saturated rings. The molecule has 16 aliphatic rings. The Balaban J connectivity index is 0.000000118. The maximum atomic E-state index is 14.9. The molecule has 720 valence electrons. The summed E-state index contributed by atoms with van der Waals surface area (Å²) in [6.45, 7) is 3.77. The second kappa shape index (κ2) is 40.4. The standard InChI is InChI=1S/C29H32N4O3S3.C25H30N4O3S.C21H26N2O4.C21H26N2O3S.C4H4ClNS.HI.H3N/c1-35-21-6-8-28(9-7-21)15-20-4-5-22(36-17-19-2-3-19)14-23(20)29(28)26(34)33(16-24-30-10-12-37-24)27(32-29)39-18-25-31-11-13-38-25;1-31-18-6-8-24(9-7-18)13-17-4-5-19(32-15-16-2-3-16)12-20(17)25(24)22(30)29(23(26)28-25)14-21-27-10-11-33-21;1-26-15-6-8-20(9-7-15)11-14-4-5-16(27-12-13-2-3-13)10-17(14)21(20)18(24)22-19(25)23-21;1-25-15-6-8-20(9-7-15)11-14-4-5-16(26-12-13-2-3-13)10-17(14)21(20)18(24)22-19(27)23-21;5-3-4-6-1-2-7-4;;/h4-5,10-14,19,21H,2-3,6-9,15-18H2,1H3;4-5,10-12,16,18H,2-3,6-9,13-15H2,1H3,(H2,26,28);4-5,10,13,15H,2-3,6-9,11-12H2,1H3,(H2,22,23,24,25);4-5,10,13,15H,2-3,6-9,11-12H2,1H3,(H2,22,23,24,27);1-2H,3H2;1H;1H3. The number of fused-ring (bicyclic) bond motifs is 12. The van der Waals surface area contributed by atoms with Gasteiger partial charge in [0.15, 0.2) is 38.4 Å². The third-order valence-corrected chi connectivity index (χ3v) is 36.5. The topological polar surface area (TPSA) is 351 Å². The number of thiazole rings is 4. The fourth-order valence-electron chi connectivity index (χ4n) is 23.7. The summed E-state index contributed by atoms with van der Waals surface area (Å²) in [5.41, 5.74) is 10.5. The first-order chi connectivity index (χ1) is 64.7. The quantitative estimate of drug-likeness (QED) is 0.0150. The van der Waals surface area contributed by atoms with Crippen LogP contribution in [0.25, 0.3) is 0 Å². The first kappa shape index (κ1) is 97.4. The number of carbonyl (C=O) groups is 5. The van der Waals surface area contributed by atoms with Gasteiger partial charge in [-0.1, -0.05) is 36.0 Å². The highest BCUT2D eigenvalue weighted by molar-refractivity contribution is 14.0. The minimum atomic E-state index is -0.999. The maximum Gasteiger partial charge on any atom is 0.322 e. The van der Waals surface area contributed by atoms with E-state index in [4.69, 9.17) is 77.4 Å². The molecule has 4 atom stereocenters. The van der Waals surface area contributed by atoms with E-state index < -0.39 is 28.2 Å². The van der Waals surface area contributed by atoms with Crippen LogP contribution >= 0.6 is 105 Å². The van der Waals surface area contributed by atoms with Gasteiger partial charge in [-0.2, -0.15) is 0 Å². The molecule has 24 rings (SSSR count). The number of rotatable bonds is 23. The summed E-state index contributed by atoms with van der Waals surface area (Å²) < 4.78 is 46.9. The second-order valence-corrected chi connectivity index (χ2v) is 44.9. The van der Waals surface area contributed by atoms with Crippen LogP contribution in [0.3, 0.4) is 0 Å². The summed E-state index contributed by atoms with van der Waals surface area (Å²) in [7, 11) is 7.10.